The first-order chi connectivity index (χ1) is 8.65. The zero-order chi connectivity index (χ0) is 13.1. The molecule has 0 bridgehead atoms. The van der Waals surface area contributed by atoms with Crippen LogP contribution in [0.5, 0.6) is 5.75 Å². The zero-order valence-electron chi connectivity index (χ0n) is 10.9. The average Bonchev–Trinajstić information content (AvgIpc) is 2.81. The van der Waals surface area contributed by atoms with Crippen LogP contribution in [0.25, 0.3) is 11.4 Å². The Bertz CT molecular complexity index is 548. The minimum Gasteiger partial charge on any atom is -0.496 e. The number of hydrogen-bond donors (Lipinski definition) is 2. The molecule has 18 heavy (non-hydrogen) atoms. The molecule has 0 aliphatic rings. The van der Waals surface area contributed by atoms with Crippen molar-refractivity contribution in [2.75, 3.05) is 13.7 Å². The summed E-state index contributed by atoms with van der Waals surface area (Å²) >= 11 is 0. The third-order valence-electron chi connectivity index (χ3n) is 2.97. The van der Waals surface area contributed by atoms with Gasteiger partial charge in [0.05, 0.1) is 12.7 Å². The molecule has 0 atom stereocenters. The van der Waals surface area contributed by atoms with Gasteiger partial charge in [-0.2, -0.15) is 5.10 Å². The third kappa shape index (κ3) is 2.36. The number of benzene rings is 1. The highest BCUT2D eigenvalue weighted by molar-refractivity contribution is 5.66. The van der Waals surface area contributed by atoms with Crippen LogP contribution in [-0.2, 0) is 6.42 Å². The molecular formula is C13H18N4O. The van der Waals surface area contributed by atoms with E-state index in [1.54, 1.807) is 7.11 Å². The van der Waals surface area contributed by atoms with Crippen molar-refractivity contribution in [2.45, 2.75) is 20.3 Å². The van der Waals surface area contributed by atoms with E-state index in [1.165, 1.54) is 11.1 Å². The Hall–Kier alpha value is -1.88. The molecule has 0 unspecified atom stereocenters. The van der Waals surface area contributed by atoms with Crippen LogP contribution in [0.2, 0.25) is 0 Å². The highest BCUT2D eigenvalue weighted by Gasteiger charge is 2.12. The van der Waals surface area contributed by atoms with Gasteiger partial charge in [-0.1, -0.05) is 0 Å². The summed E-state index contributed by atoms with van der Waals surface area (Å²) in [6, 6.07) is 4.05. The number of H-pyrrole nitrogens is 1. The molecule has 5 heteroatoms. The van der Waals surface area contributed by atoms with Crippen LogP contribution in [0, 0.1) is 13.8 Å². The average molecular weight is 246 g/mol. The Kier molecular flexibility index (Phi) is 3.62. The molecule has 0 aliphatic carbocycles. The Balaban J connectivity index is 2.45. The maximum absolute atomic E-state index is 5.50. The van der Waals surface area contributed by atoms with E-state index in [4.69, 9.17) is 10.5 Å². The minimum atomic E-state index is 0.554. The van der Waals surface area contributed by atoms with Crippen LogP contribution < -0.4 is 10.5 Å². The van der Waals surface area contributed by atoms with Crippen LogP contribution in [0.1, 0.15) is 17.0 Å². The summed E-state index contributed by atoms with van der Waals surface area (Å²) < 4.78 is 5.39. The van der Waals surface area contributed by atoms with Crippen LogP contribution in [0.4, 0.5) is 0 Å². The van der Waals surface area contributed by atoms with E-state index >= 15 is 0 Å². The maximum atomic E-state index is 5.50. The molecule has 0 saturated carbocycles. The van der Waals surface area contributed by atoms with E-state index in [0.717, 1.165) is 17.1 Å². The van der Waals surface area contributed by atoms with E-state index in [2.05, 4.69) is 29.0 Å². The number of rotatable bonds is 4. The van der Waals surface area contributed by atoms with E-state index in [0.29, 0.717) is 18.8 Å². The van der Waals surface area contributed by atoms with Crippen molar-refractivity contribution in [3.63, 3.8) is 0 Å². The standard InChI is InChI=1S/C13H18N4O/c1-8-6-10(11(18-3)7-9(8)2)13-15-12(4-5-14)16-17-13/h6-7H,4-5,14H2,1-3H3,(H,15,16,17). The largest absolute Gasteiger partial charge is 0.496 e. The molecule has 1 heterocycles. The summed E-state index contributed by atoms with van der Waals surface area (Å²) in [4.78, 5) is 4.42. The van der Waals surface area contributed by atoms with Crippen LogP contribution in [0.15, 0.2) is 12.1 Å². The molecule has 1 aromatic heterocycles. The van der Waals surface area contributed by atoms with Crippen molar-refractivity contribution < 1.29 is 4.74 Å². The Morgan fingerprint density at radius 1 is 1.28 bits per heavy atom. The fourth-order valence-corrected chi connectivity index (χ4v) is 1.80. The van der Waals surface area contributed by atoms with E-state index in [-0.39, 0.29) is 0 Å². The number of aromatic nitrogens is 3. The lowest BCUT2D eigenvalue weighted by molar-refractivity contribution is 0.415. The number of nitrogens with zero attached hydrogens (tertiary/aromatic N) is 2. The van der Waals surface area contributed by atoms with Gasteiger partial charge in [-0.05, 0) is 43.7 Å². The molecule has 5 nitrogen and oxygen atoms in total. The van der Waals surface area contributed by atoms with Gasteiger partial charge in [0.2, 0.25) is 0 Å². The molecule has 3 N–H and O–H groups in total. The second kappa shape index (κ2) is 5.18. The summed E-state index contributed by atoms with van der Waals surface area (Å²) in [7, 11) is 1.65. The van der Waals surface area contributed by atoms with Crippen LogP contribution >= 0.6 is 0 Å². The molecule has 0 saturated heterocycles. The van der Waals surface area contributed by atoms with E-state index in [1.807, 2.05) is 12.1 Å². The first-order valence-electron chi connectivity index (χ1n) is 5.92. The molecule has 2 rings (SSSR count). The number of nitrogens with two attached hydrogens (primary N) is 1. The lowest BCUT2D eigenvalue weighted by Gasteiger charge is -2.09. The summed E-state index contributed by atoms with van der Waals surface area (Å²) in [5.41, 5.74) is 8.78. The fraction of sp³-hybridized carbons (Fsp3) is 0.385. The Labute approximate surface area is 106 Å². The fourth-order valence-electron chi connectivity index (χ4n) is 1.80. The second-order valence-electron chi connectivity index (χ2n) is 4.28. The molecule has 2 aromatic rings. The molecule has 96 valence electrons. The number of hydrogen-bond acceptors (Lipinski definition) is 4. The van der Waals surface area contributed by atoms with E-state index in [9.17, 15) is 0 Å². The maximum Gasteiger partial charge on any atom is 0.184 e. The van der Waals surface area contributed by atoms with Crippen molar-refractivity contribution in [3.05, 3.63) is 29.1 Å². The topological polar surface area (TPSA) is 76.8 Å². The molecule has 0 spiro atoms. The van der Waals surface area contributed by atoms with Gasteiger partial charge in [0.25, 0.3) is 0 Å². The first-order valence-corrected chi connectivity index (χ1v) is 5.92. The smallest absolute Gasteiger partial charge is 0.184 e. The number of aryl methyl sites for hydroxylation is 2. The van der Waals surface area contributed by atoms with Gasteiger partial charge in [-0.15, -0.1) is 0 Å². The molecule has 0 aliphatic heterocycles. The Morgan fingerprint density at radius 2 is 2.00 bits per heavy atom. The number of methoxy groups -OCH3 is 1. The lowest BCUT2D eigenvalue weighted by atomic mass is 10.0. The Morgan fingerprint density at radius 3 is 2.67 bits per heavy atom. The minimum absolute atomic E-state index is 0.554. The first kappa shape index (κ1) is 12.6. The van der Waals surface area contributed by atoms with Gasteiger partial charge >= 0.3 is 0 Å². The second-order valence-corrected chi connectivity index (χ2v) is 4.28. The van der Waals surface area contributed by atoms with Gasteiger partial charge in [0, 0.05) is 6.42 Å². The molecule has 0 amide bonds. The predicted octanol–water partition coefficient (Wildman–Crippen LogP) is 1.60. The third-order valence-corrected chi connectivity index (χ3v) is 2.97. The number of ether oxygens (including phenoxy) is 1. The summed E-state index contributed by atoms with van der Waals surface area (Å²) in [6.07, 6.45) is 0.695. The predicted molar refractivity (Wildman–Crippen MR) is 70.6 cm³/mol. The van der Waals surface area contributed by atoms with Crippen molar-refractivity contribution in [2.24, 2.45) is 5.73 Å². The molecule has 0 radical (unpaired) electrons. The van der Waals surface area contributed by atoms with Gasteiger partial charge < -0.3 is 10.5 Å². The van der Waals surface area contributed by atoms with Gasteiger partial charge in [-0.25, -0.2) is 4.98 Å². The van der Waals surface area contributed by atoms with Crippen molar-refractivity contribution in [3.8, 4) is 17.1 Å². The summed E-state index contributed by atoms with van der Waals surface area (Å²) in [5, 5.41) is 7.11. The van der Waals surface area contributed by atoms with Crippen molar-refractivity contribution >= 4 is 0 Å². The molecule has 1 aromatic carbocycles. The van der Waals surface area contributed by atoms with Crippen molar-refractivity contribution in [1.29, 1.82) is 0 Å². The number of nitrogens with one attached hydrogen (secondary N) is 1. The molecule has 0 fully saturated rings. The quantitative estimate of drug-likeness (QED) is 0.859. The number of aromatic amines is 1. The van der Waals surface area contributed by atoms with Gasteiger partial charge in [0.15, 0.2) is 5.82 Å². The van der Waals surface area contributed by atoms with E-state index < -0.39 is 0 Å². The zero-order valence-corrected chi connectivity index (χ0v) is 10.9. The molecular weight excluding hydrogens is 228 g/mol. The van der Waals surface area contributed by atoms with Crippen LogP contribution in [-0.4, -0.2) is 28.8 Å². The summed E-state index contributed by atoms with van der Waals surface area (Å²) in [6.45, 7) is 4.67. The highest BCUT2D eigenvalue weighted by atomic mass is 16.5. The normalized spacial score (nSPS) is 10.7. The highest BCUT2D eigenvalue weighted by Crippen LogP contribution is 2.30. The van der Waals surface area contributed by atoms with Gasteiger partial charge in [0.1, 0.15) is 11.6 Å². The van der Waals surface area contributed by atoms with Gasteiger partial charge in [-0.3, -0.25) is 5.10 Å². The summed E-state index contributed by atoms with van der Waals surface area (Å²) in [5.74, 6) is 2.24. The van der Waals surface area contributed by atoms with Crippen molar-refractivity contribution in [1.82, 2.24) is 15.2 Å². The van der Waals surface area contributed by atoms with Crippen LogP contribution in [0.3, 0.4) is 0 Å². The SMILES string of the molecule is COc1cc(C)c(C)cc1-c1n[nH]c(CCN)n1. The monoisotopic (exact) mass is 246 g/mol. The lowest BCUT2D eigenvalue weighted by Crippen LogP contribution is -2.03.